The van der Waals surface area contributed by atoms with Crippen LogP contribution in [-0.2, 0) is 9.59 Å². The highest BCUT2D eigenvalue weighted by molar-refractivity contribution is 6.46. The van der Waals surface area contributed by atoms with Crippen molar-refractivity contribution < 1.29 is 28.4 Å². The van der Waals surface area contributed by atoms with Crippen LogP contribution < -0.4 is 4.90 Å². The van der Waals surface area contributed by atoms with E-state index in [-0.39, 0.29) is 23.2 Å². The zero-order valence-corrected chi connectivity index (χ0v) is 17.0. The molecule has 2 N–H and O–H groups in total. The second-order valence-electron chi connectivity index (χ2n) is 7.23. The van der Waals surface area contributed by atoms with E-state index in [1.807, 2.05) is 13.8 Å². The number of rotatable bonds is 7. The van der Waals surface area contributed by atoms with E-state index in [0.717, 1.165) is 25.2 Å². The minimum atomic E-state index is -1.05. The van der Waals surface area contributed by atoms with E-state index in [2.05, 4.69) is 0 Å². The van der Waals surface area contributed by atoms with Crippen LogP contribution in [0.2, 0.25) is 0 Å². The SMILES string of the molecule is CC[NH+](CC)CCN1C(=O)C(=O)C(=C(O)c2ccc(F)cc2)[C@H]1c1ccccc1F. The summed E-state index contributed by atoms with van der Waals surface area (Å²) in [5.74, 6) is -3.17. The number of likely N-dealkylation sites (tertiary alicyclic amines) is 1. The predicted molar refractivity (Wildman–Crippen MR) is 109 cm³/mol. The van der Waals surface area contributed by atoms with Gasteiger partial charge in [0.2, 0.25) is 0 Å². The monoisotopic (exact) mass is 415 g/mol. The maximum absolute atomic E-state index is 14.7. The fourth-order valence-electron chi connectivity index (χ4n) is 3.78. The standard InChI is InChI=1S/C23H24F2N2O3/c1-3-26(4-2)13-14-27-20(17-7-5-6-8-18(17)25)19(22(29)23(27)30)21(28)15-9-11-16(24)12-10-15/h5-12,20,28H,3-4,13-14H2,1-2H3/p+1/t20-/m1/s1. The molecule has 1 heterocycles. The van der Waals surface area contributed by atoms with Crippen molar-refractivity contribution in [3.63, 3.8) is 0 Å². The van der Waals surface area contributed by atoms with Crippen LogP contribution in [0.4, 0.5) is 8.78 Å². The van der Waals surface area contributed by atoms with Gasteiger partial charge >= 0.3 is 0 Å². The number of halogens is 2. The van der Waals surface area contributed by atoms with E-state index in [4.69, 9.17) is 0 Å². The number of quaternary nitrogens is 1. The molecule has 3 rings (SSSR count). The average molecular weight is 415 g/mol. The van der Waals surface area contributed by atoms with Crippen molar-refractivity contribution in [3.8, 4) is 0 Å². The smallest absolute Gasteiger partial charge is 0.295 e. The van der Waals surface area contributed by atoms with Gasteiger partial charge in [-0.05, 0) is 44.2 Å². The molecule has 0 bridgehead atoms. The van der Waals surface area contributed by atoms with Gasteiger partial charge in [-0.25, -0.2) is 8.78 Å². The molecule has 0 saturated carbocycles. The molecule has 30 heavy (non-hydrogen) atoms. The third-order valence-electron chi connectivity index (χ3n) is 5.56. The molecular weight excluding hydrogens is 390 g/mol. The van der Waals surface area contributed by atoms with Crippen molar-refractivity contribution in [1.29, 1.82) is 0 Å². The van der Waals surface area contributed by atoms with Gasteiger partial charge in [0.25, 0.3) is 11.7 Å². The van der Waals surface area contributed by atoms with Crippen molar-refractivity contribution in [1.82, 2.24) is 4.90 Å². The van der Waals surface area contributed by atoms with Gasteiger partial charge in [-0.3, -0.25) is 9.59 Å². The first kappa shape index (κ1) is 21.6. The number of carbonyl (C=O) groups excluding carboxylic acids is 2. The van der Waals surface area contributed by atoms with Gasteiger partial charge in [-0.2, -0.15) is 0 Å². The van der Waals surface area contributed by atoms with Gasteiger partial charge < -0.3 is 14.9 Å². The van der Waals surface area contributed by atoms with Crippen LogP contribution >= 0.6 is 0 Å². The van der Waals surface area contributed by atoms with E-state index in [1.54, 1.807) is 6.07 Å². The van der Waals surface area contributed by atoms with E-state index < -0.39 is 35.1 Å². The number of amides is 1. The molecular formula is C23H25F2N2O3+. The Morgan fingerprint density at radius 3 is 2.27 bits per heavy atom. The highest BCUT2D eigenvalue weighted by atomic mass is 19.1. The fraction of sp³-hybridized carbons (Fsp3) is 0.304. The fourth-order valence-corrected chi connectivity index (χ4v) is 3.78. The molecule has 0 aromatic heterocycles. The van der Waals surface area contributed by atoms with Crippen molar-refractivity contribution in [2.45, 2.75) is 19.9 Å². The second kappa shape index (κ2) is 9.17. The summed E-state index contributed by atoms with van der Waals surface area (Å²) in [4.78, 5) is 28.2. The van der Waals surface area contributed by atoms with Gasteiger partial charge in [0.05, 0.1) is 37.8 Å². The molecule has 1 amide bonds. The van der Waals surface area contributed by atoms with Gasteiger partial charge in [0, 0.05) is 11.1 Å². The van der Waals surface area contributed by atoms with Crippen molar-refractivity contribution in [3.05, 3.63) is 76.9 Å². The Kier molecular flexibility index (Phi) is 6.62. The summed E-state index contributed by atoms with van der Waals surface area (Å²) < 4.78 is 28.0. The van der Waals surface area contributed by atoms with Gasteiger partial charge in [-0.15, -0.1) is 0 Å². The normalized spacial score (nSPS) is 18.4. The first-order chi connectivity index (χ1) is 14.4. The molecule has 0 radical (unpaired) electrons. The number of aliphatic hydroxyl groups is 1. The molecule has 7 heteroatoms. The number of hydrogen-bond donors (Lipinski definition) is 2. The van der Waals surface area contributed by atoms with E-state index in [1.165, 1.54) is 40.1 Å². The minimum Gasteiger partial charge on any atom is -0.507 e. The number of nitrogens with one attached hydrogen (secondary N) is 1. The second-order valence-corrected chi connectivity index (χ2v) is 7.23. The Hall–Kier alpha value is -3.06. The zero-order chi connectivity index (χ0) is 21.8. The highest BCUT2D eigenvalue weighted by Gasteiger charge is 2.47. The molecule has 0 spiro atoms. The zero-order valence-electron chi connectivity index (χ0n) is 17.0. The molecule has 2 aromatic rings. The van der Waals surface area contributed by atoms with E-state index in [9.17, 15) is 23.5 Å². The molecule has 2 aromatic carbocycles. The van der Waals surface area contributed by atoms with Crippen molar-refractivity contribution in [2.24, 2.45) is 0 Å². The Morgan fingerprint density at radius 1 is 1.03 bits per heavy atom. The molecule has 0 unspecified atom stereocenters. The van der Waals surface area contributed by atoms with Crippen LogP contribution in [0.3, 0.4) is 0 Å². The Balaban J connectivity index is 2.11. The molecule has 1 aliphatic rings. The van der Waals surface area contributed by atoms with Crippen LogP contribution in [-0.4, -0.2) is 47.9 Å². The van der Waals surface area contributed by atoms with Gasteiger partial charge in [-0.1, -0.05) is 18.2 Å². The maximum atomic E-state index is 14.7. The quantitative estimate of drug-likeness (QED) is 0.415. The molecule has 0 aliphatic carbocycles. The molecule has 5 nitrogen and oxygen atoms in total. The minimum absolute atomic E-state index is 0.134. The summed E-state index contributed by atoms with van der Waals surface area (Å²) in [6.45, 7) is 6.56. The molecule has 1 saturated heterocycles. The number of Topliss-reactive ketones (excluding diaryl/α,β-unsaturated/α-hetero) is 1. The van der Waals surface area contributed by atoms with Gasteiger partial charge in [0.15, 0.2) is 0 Å². The lowest BCUT2D eigenvalue weighted by Gasteiger charge is -2.27. The number of hydrogen-bond acceptors (Lipinski definition) is 3. The summed E-state index contributed by atoms with van der Waals surface area (Å²) >= 11 is 0. The van der Waals surface area contributed by atoms with Crippen LogP contribution in [0.25, 0.3) is 5.76 Å². The first-order valence-corrected chi connectivity index (χ1v) is 10.0. The van der Waals surface area contributed by atoms with Crippen LogP contribution in [0.15, 0.2) is 54.1 Å². The largest absolute Gasteiger partial charge is 0.507 e. The number of aliphatic hydroxyl groups excluding tert-OH is 1. The number of ketones is 1. The lowest BCUT2D eigenvalue weighted by atomic mass is 9.95. The summed E-state index contributed by atoms with van der Waals surface area (Å²) in [5, 5.41) is 10.8. The summed E-state index contributed by atoms with van der Waals surface area (Å²) in [6, 6.07) is 9.76. The third-order valence-corrected chi connectivity index (χ3v) is 5.56. The molecule has 1 fully saturated rings. The lowest BCUT2D eigenvalue weighted by Crippen LogP contribution is -3.12. The first-order valence-electron chi connectivity index (χ1n) is 10.0. The topological polar surface area (TPSA) is 62.0 Å². The molecule has 1 atom stereocenters. The third kappa shape index (κ3) is 4.11. The lowest BCUT2D eigenvalue weighted by molar-refractivity contribution is -0.895. The number of likely N-dealkylation sites (N-methyl/N-ethyl adjacent to an activating group) is 1. The molecule has 158 valence electrons. The van der Waals surface area contributed by atoms with Crippen LogP contribution in [0.5, 0.6) is 0 Å². The van der Waals surface area contributed by atoms with E-state index >= 15 is 0 Å². The predicted octanol–water partition coefficient (Wildman–Crippen LogP) is 2.31. The maximum Gasteiger partial charge on any atom is 0.295 e. The number of carbonyl (C=O) groups is 2. The van der Waals surface area contributed by atoms with Crippen LogP contribution in [0.1, 0.15) is 31.0 Å². The van der Waals surface area contributed by atoms with Crippen LogP contribution in [0, 0.1) is 11.6 Å². The Bertz CT molecular complexity index is 969. The molecule has 1 aliphatic heterocycles. The highest BCUT2D eigenvalue weighted by Crippen LogP contribution is 2.39. The van der Waals surface area contributed by atoms with E-state index in [0.29, 0.717) is 6.54 Å². The number of benzene rings is 2. The average Bonchev–Trinajstić information content (AvgIpc) is 2.99. The summed E-state index contributed by atoms with van der Waals surface area (Å²) in [5.41, 5.74) is 0.131. The summed E-state index contributed by atoms with van der Waals surface area (Å²) in [6.07, 6.45) is 0. The van der Waals surface area contributed by atoms with Gasteiger partial charge in [0.1, 0.15) is 17.4 Å². The van der Waals surface area contributed by atoms with Crippen molar-refractivity contribution >= 4 is 17.4 Å². The number of nitrogens with zero attached hydrogens (tertiary/aromatic N) is 1. The van der Waals surface area contributed by atoms with Crippen molar-refractivity contribution in [2.75, 3.05) is 26.2 Å². The summed E-state index contributed by atoms with van der Waals surface area (Å²) in [7, 11) is 0. The Labute approximate surface area is 174 Å². The Morgan fingerprint density at radius 2 is 1.67 bits per heavy atom.